The van der Waals surface area contributed by atoms with Crippen molar-refractivity contribution < 1.29 is 22.7 Å². The number of esters is 1. The zero-order valence-electron chi connectivity index (χ0n) is 17.4. The van der Waals surface area contributed by atoms with Crippen molar-refractivity contribution in [2.24, 2.45) is 10.8 Å². The van der Waals surface area contributed by atoms with Crippen LogP contribution in [0.4, 0.5) is 11.4 Å². The number of hydrogen-bond acceptors (Lipinski definition) is 5. The topological polar surface area (TPSA) is 102 Å². The molecule has 0 unspecified atom stereocenters. The van der Waals surface area contributed by atoms with Crippen molar-refractivity contribution in [2.45, 2.75) is 44.1 Å². The number of amides is 1. The number of sulfonamides is 1. The van der Waals surface area contributed by atoms with E-state index in [1.165, 1.54) is 24.3 Å². The van der Waals surface area contributed by atoms with Crippen LogP contribution >= 0.6 is 11.6 Å². The Labute approximate surface area is 186 Å². The van der Waals surface area contributed by atoms with Gasteiger partial charge in [-0.15, -0.1) is 0 Å². The molecule has 2 aliphatic rings. The molecule has 1 saturated carbocycles. The minimum atomic E-state index is -3.86. The molecular formula is C22H23ClN2O5S. The Balaban J connectivity index is 1.53. The van der Waals surface area contributed by atoms with Gasteiger partial charge in [-0.05, 0) is 56.2 Å². The Bertz CT molecular complexity index is 1180. The van der Waals surface area contributed by atoms with Crippen LogP contribution in [0.1, 0.15) is 33.6 Å². The van der Waals surface area contributed by atoms with Crippen molar-refractivity contribution in [3.05, 3.63) is 53.6 Å². The Morgan fingerprint density at radius 2 is 1.68 bits per heavy atom. The molecule has 164 valence electrons. The number of hydrogen-bond donors (Lipinski definition) is 2. The fourth-order valence-electron chi connectivity index (χ4n) is 4.44. The second kappa shape index (κ2) is 6.97. The van der Waals surface area contributed by atoms with Gasteiger partial charge in [-0.25, -0.2) is 8.42 Å². The molecular weight excluding hydrogens is 440 g/mol. The van der Waals surface area contributed by atoms with Crippen LogP contribution in [-0.2, 0) is 24.3 Å². The molecule has 0 aromatic heterocycles. The smallest absolute Gasteiger partial charge is 0.313 e. The summed E-state index contributed by atoms with van der Waals surface area (Å²) in [6.45, 7) is 5.59. The summed E-state index contributed by atoms with van der Waals surface area (Å²) in [7, 11) is -3.86. The third-order valence-electron chi connectivity index (χ3n) is 6.99. The molecule has 1 aliphatic heterocycles. The van der Waals surface area contributed by atoms with Gasteiger partial charge in [-0.1, -0.05) is 37.6 Å². The average Bonchev–Trinajstić information content (AvgIpc) is 3.00. The molecule has 1 aliphatic carbocycles. The van der Waals surface area contributed by atoms with Crippen LogP contribution in [0, 0.1) is 10.8 Å². The molecule has 1 heterocycles. The van der Waals surface area contributed by atoms with Gasteiger partial charge in [-0.3, -0.25) is 14.3 Å². The number of benzene rings is 2. The standard InChI is InChI=1S/C22H23ClN2O5S/c1-20(2)21(3)12-13-22(20,30-19(21)27)18(26)24-14-8-10-15(11-9-14)31(28,29)25-17-7-5-4-6-16(17)23/h4-11,25H,12-13H2,1-3H3,(H,24,26)/t21-,22+/m1/s1. The van der Waals surface area contributed by atoms with E-state index in [0.717, 1.165) is 0 Å². The summed E-state index contributed by atoms with van der Waals surface area (Å²) in [4.78, 5) is 25.5. The summed E-state index contributed by atoms with van der Waals surface area (Å²) < 4.78 is 33.3. The van der Waals surface area contributed by atoms with Gasteiger partial charge in [0.15, 0.2) is 5.60 Å². The lowest BCUT2D eigenvalue weighted by atomic mass is 9.66. The van der Waals surface area contributed by atoms with Crippen molar-refractivity contribution in [1.82, 2.24) is 0 Å². The highest BCUT2D eigenvalue weighted by Gasteiger charge is 2.75. The Morgan fingerprint density at radius 3 is 2.23 bits per heavy atom. The molecule has 1 amide bonds. The van der Waals surface area contributed by atoms with Crippen molar-refractivity contribution in [1.29, 1.82) is 0 Å². The number of para-hydroxylation sites is 1. The zero-order valence-corrected chi connectivity index (χ0v) is 18.9. The van der Waals surface area contributed by atoms with E-state index in [1.807, 2.05) is 20.8 Å². The molecule has 2 aromatic rings. The third kappa shape index (κ3) is 3.11. The maximum Gasteiger partial charge on any atom is 0.313 e. The first-order chi connectivity index (χ1) is 14.4. The molecule has 31 heavy (non-hydrogen) atoms. The Kier molecular flexibility index (Phi) is 4.86. The van der Waals surface area contributed by atoms with Crippen molar-refractivity contribution in [2.75, 3.05) is 10.0 Å². The second-order valence-electron chi connectivity index (χ2n) is 8.74. The fourth-order valence-corrected chi connectivity index (χ4v) is 5.76. The molecule has 9 heteroatoms. The maximum atomic E-state index is 13.1. The van der Waals surface area contributed by atoms with Gasteiger partial charge in [0, 0.05) is 11.1 Å². The molecule has 0 radical (unpaired) electrons. The summed E-state index contributed by atoms with van der Waals surface area (Å²) in [5, 5.41) is 3.06. The van der Waals surface area contributed by atoms with Gasteiger partial charge in [0.05, 0.1) is 21.0 Å². The van der Waals surface area contributed by atoms with Gasteiger partial charge in [-0.2, -0.15) is 0 Å². The first-order valence-corrected chi connectivity index (χ1v) is 11.7. The number of carbonyl (C=O) groups is 2. The summed E-state index contributed by atoms with van der Waals surface area (Å²) in [5.41, 5.74) is -1.93. The van der Waals surface area contributed by atoms with Gasteiger partial charge in [0.1, 0.15) is 0 Å². The van der Waals surface area contributed by atoms with E-state index in [2.05, 4.69) is 10.0 Å². The number of carbonyl (C=O) groups excluding carboxylic acids is 2. The molecule has 4 rings (SSSR count). The number of ether oxygens (including phenoxy) is 1. The molecule has 1 saturated heterocycles. The third-order valence-corrected chi connectivity index (χ3v) is 8.70. The maximum absolute atomic E-state index is 13.1. The number of fused-ring (bicyclic) bond motifs is 2. The van der Waals surface area contributed by atoms with E-state index in [9.17, 15) is 18.0 Å². The summed E-state index contributed by atoms with van der Waals surface area (Å²) >= 11 is 6.03. The first kappa shape index (κ1) is 21.6. The molecule has 2 bridgehead atoms. The summed E-state index contributed by atoms with van der Waals surface area (Å²) in [6.07, 6.45) is 1.03. The highest BCUT2D eigenvalue weighted by Crippen LogP contribution is 2.65. The van der Waals surface area contributed by atoms with E-state index in [4.69, 9.17) is 16.3 Å². The van der Waals surface area contributed by atoms with Crippen LogP contribution in [0.2, 0.25) is 5.02 Å². The highest BCUT2D eigenvalue weighted by molar-refractivity contribution is 7.92. The van der Waals surface area contributed by atoms with E-state index in [0.29, 0.717) is 18.5 Å². The van der Waals surface area contributed by atoms with Gasteiger partial charge in [0.2, 0.25) is 0 Å². The quantitative estimate of drug-likeness (QED) is 0.648. The predicted octanol–water partition coefficient (Wildman–Crippen LogP) is 4.20. The predicted molar refractivity (Wildman–Crippen MR) is 117 cm³/mol. The molecule has 2 atom stereocenters. The van der Waals surface area contributed by atoms with Crippen LogP contribution in [0.5, 0.6) is 0 Å². The number of halogens is 1. The van der Waals surface area contributed by atoms with Crippen LogP contribution in [0.3, 0.4) is 0 Å². The number of nitrogens with one attached hydrogen (secondary N) is 2. The highest BCUT2D eigenvalue weighted by atomic mass is 35.5. The van der Waals surface area contributed by atoms with E-state index >= 15 is 0 Å². The van der Waals surface area contributed by atoms with Crippen molar-refractivity contribution in [3.63, 3.8) is 0 Å². The van der Waals surface area contributed by atoms with Crippen LogP contribution in [-0.4, -0.2) is 25.9 Å². The molecule has 7 nitrogen and oxygen atoms in total. The van der Waals surface area contributed by atoms with E-state index in [1.54, 1.807) is 24.3 Å². The lowest BCUT2D eigenvalue weighted by Crippen LogP contribution is -2.50. The van der Waals surface area contributed by atoms with Crippen LogP contribution in [0.15, 0.2) is 53.4 Å². The largest absolute Gasteiger partial charge is 0.448 e. The first-order valence-electron chi connectivity index (χ1n) is 9.85. The summed E-state index contributed by atoms with van der Waals surface area (Å²) in [5.74, 6) is -0.761. The normalized spacial score (nSPS) is 26.4. The SMILES string of the molecule is CC1(C)[C@@]2(C(=O)Nc3ccc(S(=O)(=O)Nc4ccccc4Cl)cc3)CC[C@]1(C)C(=O)O2. The lowest BCUT2D eigenvalue weighted by Gasteiger charge is -2.35. The number of rotatable bonds is 5. The molecule has 2 aromatic carbocycles. The fraction of sp³-hybridized carbons (Fsp3) is 0.364. The van der Waals surface area contributed by atoms with Gasteiger partial charge < -0.3 is 10.1 Å². The second-order valence-corrected chi connectivity index (χ2v) is 10.8. The molecule has 2 fully saturated rings. The average molecular weight is 463 g/mol. The minimum Gasteiger partial charge on any atom is -0.448 e. The monoisotopic (exact) mass is 462 g/mol. The van der Waals surface area contributed by atoms with Gasteiger partial charge in [0.25, 0.3) is 15.9 Å². The van der Waals surface area contributed by atoms with Crippen LogP contribution < -0.4 is 10.0 Å². The lowest BCUT2D eigenvalue weighted by molar-refractivity contribution is -0.165. The molecule has 2 N–H and O–H groups in total. The Hall–Kier alpha value is -2.58. The van der Waals surface area contributed by atoms with Crippen molar-refractivity contribution >= 4 is 44.9 Å². The Morgan fingerprint density at radius 1 is 1.03 bits per heavy atom. The van der Waals surface area contributed by atoms with Crippen LogP contribution in [0.25, 0.3) is 0 Å². The van der Waals surface area contributed by atoms with Crippen molar-refractivity contribution in [3.8, 4) is 0 Å². The molecule has 0 spiro atoms. The van der Waals surface area contributed by atoms with E-state index < -0.39 is 32.4 Å². The zero-order chi connectivity index (χ0) is 22.7. The van der Waals surface area contributed by atoms with E-state index in [-0.39, 0.29) is 21.6 Å². The summed E-state index contributed by atoms with van der Waals surface area (Å²) in [6, 6.07) is 12.3. The minimum absolute atomic E-state index is 0.0182. The van der Waals surface area contributed by atoms with Gasteiger partial charge >= 0.3 is 5.97 Å². The number of anilines is 2.